The normalized spacial score (nSPS) is 25.1. The van der Waals surface area contributed by atoms with Crippen molar-refractivity contribution in [2.24, 2.45) is 0 Å². The Morgan fingerprint density at radius 2 is 2.11 bits per heavy atom. The van der Waals surface area contributed by atoms with Crippen molar-refractivity contribution in [3.63, 3.8) is 0 Å². The van der Waals surface area contributed by atoms with Gasteiger partial charge < -0.3 is 9.09 Å². The molecule has 2 aliphatic rings. The van der Waals surface area contributed by atoms with Crippen LogP contribution in [0.4, 0.5) is 0 Å². The van der Waals surface area contributed by atoms with Crippen LogP contribution in [0.3, 0.4) is 0 Å². The van der Waals surface area contributed by atoms with E-state index < -0.39 is 0 Å². The molecule has 6 heteroatoms. The molecule has 1 aromatic carbocycles. The lowest BCUT2D eigenvalue weighted by Crippen LogP contribution is -2.27. The largest absolute Gasteiger partial charge is 0.337 e. The summed E-state index contributed by atoms with van der Waals surface area (Å²) in [7, 11) is 0. The Hall–Kier alpha value is -2.47. The van der Waals surface area contributed by atoms with Gasteiger partial charge in [-0.15, -0.1) is 0 Å². The molecule has 0 aliphatic carbocycles. The topological polar surface area (TPSA) is 60.0 Å². The Kier molecular flexibility index (Phi) is 4.28. The van der Waals surface area contributed by atoms with Gasteiger partial charge in [-0.3, -0.25) is 4.90 Å². The minimum absolute atomic E-state index is 0.351. The van der Waals surface area contributed by atoms with E-state index in [1.54, 1.807) is 0 Å². The molecule has 2 saturated heterocycles. The van der Waals surface area contributed by atoms with Gasteiger partial charge in [-0.2, -0.15) is 4.98 Å². The summed E-state index contributed by atoms with van der Waals surface area (Å²) in [4.78, 5) is 11.8. The molecule has 3 aromatic rings. The van der Waals surface area contributed by atoms with E-state index in [1.807, 2.05) is 12.4 Å². The fourth-order valence-corrected chi connectivity index (χ4v) is 4.87. The maximum atomic E-state index is 5.61. The van der Waals surface area contributed by atoms with Crippen LogP contribution in [-0.2, 0) is 13.0 Å². The Morgan fingerprint density at radius 1 is 1.22 bits per heavy atom. The van der Waals surface area contributed by atoms with Gasteiger partial charge >= 0.3 is 0 Å². The molecule has 5 rings (SSSR count). The first-order chi connectivity index (χ1) is 13.3. The number of fused-ring (bicyclic) bond motifs is 1. The first kappa shape index (κ1) is 16.7. The predicted molar refractivity (Wildman–Crippen MR) is 101 cm³/mol. The summed E-state index contributed by atoms with van der Waals surface area (Å²) in [6, 6.07) is 11.8. The number of aromatic nitrogens is 4. The third kappa shape index (κ3) is 2.98. The highest BCUT2D eigenvalue weighted by Crippen LogP contribution is 2.48. The monoisotopic (exact) mass is 363 g/mol. The van der Waals surface area contributed by atoms with Crippen LogP contribution in [0.1, 0.15) is 61.2 Å². The molecule has 2 aromatic heterocycles. The molecule has 0 saturated carbocycles. The van der Waals surface area contributed by atoms with Gasteiger partial charge in [0.1, 0.15) is 12.4 Å². The summed E-state index contributed by atoms with van der Waals surface area (Å²) in [5.74, 6) is 2.94. The summed E-state index contributed by atoms with van der Waals surface area (Å²) in [6.07, 6.45) is 8.24. The zero-order chi connectivity index (χ0) is 18.2. The summed E-state index contributed by atoms with van der Waals surface area (Å²) in [5.41, 5.74) is 1.40. The first-order valence-electron chi connectivity index (χ1n) is 9.96. The maximum Gasteiger partial charge on any atom is 0.246 e. The summed E-state index contributed by atoms with van der Waals surface area (Å²) in [5, 5.41) is 4.38. The Balaban J connectivity index is 1.38. The minimum atomic E-state index is 0.351. The average molecular weight is 363 g/mol. The van der Waals surface area contributed by atoms with Gasteiger partial charge in [-0.1, -0.05) is 42.4 Å². The molecule has 0 spiro atoms. The highest BCUT2D eigenvalue weighted by atomic mass is 16.5. The zero-order valence-corrected chi connectivity index (χ0v) is 15.7. The zero-order valence-electron chi connectivity index (χ0n) is 15.7. The van der Waals surface area contributed by atoms with E-state index >= 15 is 0 Å². The first-order valence-corrected chi connectivity index (χ1v) is 9.96. The van der Waals surface area contributed by atoms with Crippen molar-refractivity contribution in [1.29, 1.82) is 0 Å². The number of imidazole rings is 1. The van der Waals surface area contributed by atoms with Crippen molar-refractivity contribution < 1.29 is 4.52 Å². The highest BCUT2D eigenvalue weighted by molar-refractivity contribution is 5.24. The molecule has 6 nitrogen and oxygen atoms in total. The van der Waals surface area contributed by atoms with Gasteiger partial charge in [0.2, 0.25) is 5.89 Å². The molecule has 0 N–H and O–H groups in total. The maximum absolute atomic E-state index is 5.61. The summed E-state index contributed by atoms with van der Waals surface area (Å²) < 4.78 is 7.69. The third-order valence-corrected chi connectivity index (χ3v) is 6.11. The van der Waals surface area contributed by atoms with Crippen LogP contribution < -0.4 is 0 Å². The summed E-state index contributed by atoms with van der Waals surface area (Å²) >= 11 is 0. The summed E-state index contributed by atoms with van der Waals surface area (Å²) in [6.45, 7) is 3.87. The molecular weight excluding hydrogens is 338 g/mol. The molecule has 0 bridgehead atoms. The lowest BCUT2D eigenvalue weighted by atomic mass is 9.94. The van der Waals surface area contributed by atoms with Gasteiger partial charge in [0, 0.05) is 36.8 Å². The molecule has 2 fully saturated rings. The van der Waals surface area contributed by atoms with Crippen LogP contribution >= 0.6 is 0 Å². The predicted octanol–water partition coefficient (Wildman–Crippen LogP) is 3.57. The van der Waals surface area contributed by atoms with E-state index in [0.717, 1.165) is 24.5 Å². The van der Waals surface area contributed by atoms with Gasteiger partial charge in [-0.05, 0) is 31.4 Å². The van der Waals surface area contributed by atoms with E-state index in [9.17, 15) is 0 Å². The molecule has 140 valence electrons. The van der Waals surface area contributed by atoms with E-state index in [4.69, 9.17) is 9.51 Å². The number of hydrogen-bond donors (Lipinski definition) is 0. The van der Waals surface area contributed by atoms with Crippen LogP contribution in [0.25, 0.3) is 0 Å². The minimum Gasteiger partial charge on any atom is -0.337 e. The van der Waals surface area contributed by atoms with E-state index in [2.05, 4.69) is 56.9 Å². The number of benzene rings is 1. The van der Waals surface area contributed by atoms with Crippen LogP contribution in [0.5, 0.6) is 0 Å². The van der Waals surface area contributed by atoms with Crippen molar-refractivity contribution in [2.75, 3.05) is 6.54 Å². The fourth-order valence-electron chi connectivity index (χ4n) is 4.87. The quantitative estimate of drug-likeness (QED) is 0.693. The molecular formula is C21H25N5O. The van der Waals surface area contributed by atoms with Crippen LogP contribution in [0.2, 0.25) is 0 Å². The molecule has 27 heavy (non-hydrogen) atoms. The SMILES string of the molecule is CCc1nccn1Cc1nc([C@@H]2C[C@H](c3ccccc3)N3CCC[C@@H]23)no1. The van der Waals surface area contributed by atoms with Crippen molar-refractivity contribution >= 4 is 0 Å². The average Bonchev–Trinajstić information content (AvgIpc) is 3.47. The Morgan fingerprint density at radius 3 is 2.96 bits per heavy atom. The second kappa shape index (κ2) is 6.93. The van der Waals surface area contributed by atoms with Crippen molar-refractivity contribution in [1.82, 2.24) is 24.6 Å². The lowest BCUT2D eigenvalue weighted by Gasteiger charge is -2.24. The molecule has 2 aliphatic heterocycles. The molecule has 4 heterocycles. The van der Waals surface area contributed by atoms with Crippen molar-refractivity contribution in [3.8, 4) is 0 Å². The highest BCUT2D eigenvalue weighted by Gasteiger charge is 2.46. The van der Waals surface area contributed by atoms with Gasteiger partial charge in [0.25, 0.3) is 0 Å². The Bertz CT molecular complexity index is 902. The number of hydrogen-bond acceptors (Lipinski definition) is 5. The smallest absolute Gasteiger partial charge is 0.246 e. The second-order valence-corrected chi connectivity index (χ2v) is 7.59. The van der Waals surface area contributed by atoms with Crippen LogP contribution in [-0.4, -0.2) is 37.2 Å². The lowest BCUT2D eigenvalue weighted by molar-refractivity contribution is 0.243. The van der Waals surface area contributed by atoms with Crippen molar-refractivity contribution in [2.45, 2.75) is 57.2 Å². The van der Waals surface area contributed by atoms with Crippen LogP contribution in [0, 0.1) is 0 Å². The van der Waals surface area contributed by atoms with E-state index in [0.29, 0.717) is 30.4 Å². The van der Waals surface area contributed by atoms with Crippen LogP contribution in [0.15, 0.2) is 47.2 Å². The third-order valence-electron chi connectivity index (χ3n) is 6.11. The standard InChI is InChI=1S/C21H25N5O/c1-2-19-22-10-12-25(19)14-20-23-21(24-27-20)16-13-18(15-7-4-3-5-8-15)26-11-6-9-17(16)26/h3-5,7-8,10,12,16-18H,2,6,9,11,13-14H2,1H3/t16-,17+,18-/m1/s1. The fraction of sp³-hybridized carbons (Fsp3) is 0.476. The van der Waals surface area contributed by atoms with E-state index in [-0.39, 0.29) is 0 Å². The van der Waals surface area contributed by atoms with Gasteiger partial charge in [-0.25, -0.2) is 4.98 Å². The van der Waals surface area contributed by atoms with E-state index in [1.165, 1.54) is 24.9 Å². The van der Waals surface area contributed by atoms with Gasteiger partial charge in [0.15, 0.2) is 5.82 Å². The number of rotatable bonds is 5. The number of nitrogens with zero attached hydrogens (tertiary/aromatic N) is 5. The number of aryl methyl sites for hydroxylation is 1. The van der Waals surface area contributed by atoms with Gasteiger partial charge in [0.05, 0.1) is 0 Å². The van der Waals surface area contributed by atoms with Crippen molar-refractivity contribution in [3.05, 3.63) is 65.8 Å². The molecule has 3 atom stereocenters. The molecule has 0 radical (unpaired) electrons. The Labute approximate surface area is 159 Å². The second-order valence-electron chi connectivity index (χ2n) is 7.59. The molecule has 0 amide bonds. The molecule has 0 unspecified atom stereocenters.